The van der Waals surface area contributed by atoms with Gasteiger partial charge in [-0.15, -0.1) is 0 Å². The van der Waals surface area contributed by atoms with Crippen molar-refractivity contribution < 1.29 is 85.3 Å². The number of alkyl carbamates (subject to hydrolysis) is 2. The van der Waals surface area contributed by atoms with Gasteiger partial charge in [0.25, 0.3) is 0 Å². The summed E-state index contributed by atoms with van der Waals surface area (Å²) < 4.78 is 48.4. The highest BCUT2D eigenvalue weighted by atomic mass is 19.4. The number of ketones is 2. The molecular weight excluding hydrogens is 1360 g/mol. The third kappa shape index (κ3) is 29.6. The molecule has 4 saturated heterocycles. The van der Waals surface area contributed by atoms with Crippen molar-refractivity contribution in [2.24, 2.45) is 11.8 Å². The van der Waals surface area contributed by atoms with Crippen LogP contribution in [0.25, 0.3) is 5.57 Å². The first-order valence-electron chi connectivity index (χ1n) is 35.1. The van der Waals surface area contributed by atoms with Crippen LogP contribution in [-0.2, 0) is 57.4 Å². The summed E-state index contributed by atoms with van der Waals surface area (Å²) in [6, 6.07) is 34.0. The zero-order valence-electron chi connectivity index (χ0n) is 62.3. The molecule has 4 heterocycles. The number of allylic oxidation sites excluding steroid dienone is 2. The number of hydrogen-bond donors (Lipinski definition) is 4. The van der Waals surface area contributed by atoms with E-state index in [-0.39, 0.29) is 93.0 Å². The van der Waals surface area contributed by atoms with E-state index in [1.165, 1.54) is 32.2 Å². The highest BCUT2D eigenvalue weighted by molar-refractivity contribution is 6.06. The van der Waals surface area contributed by atoms with Crippen LogP contribution < -0.4 is 31.5 Å². The second-order valence-corrected chi connectivity index (χ2v) is 28.2. The van der Waals surface area contributed by atoms with Gasteiger partial charge in [0.05, 0.1) is 0 Å². The zero-order chi connectivity index (χ0) is 77.1. The van der Waals surface area contributed by atoms with E-state index in [0.29, 0.717) is 57.4 Å². The fourth-order valence-electron chi connectivity index (χ4n) is 11.7. The number of likely N-dealkylation sites (N-methyl/N-ethyl adjacent to an activating group) is 3. The lowest BCUT2D eigenvalue weighted by atomic mass is 9.94. The number of benzene rings is 4. The van der Waals surface area contributed by atoms with Crippen molar-refractivity contribution in [3.8, 4) is 0 Å². The fourth-order valence-corrected chi connectivity index (χ4v) is 11.7. The number of rotatable bonds is 18. The van der Waals surface area contributed by atoms with Crippen molar-refractivity contribution in [1.29, 1.82) is 0 Å². The van der Waals surface area contributed by atoms with Crippen LogP contribution in [0.2, 0.25) is 0 Å². The van der Waals surface area contributed by atoms with Gasteiger partial charge in [0.2, 0.25) is 47.1 Å². The Morgan fingerprint density at radius 1 is 0.495 bits per heavy atom. The van der Waals surface area contributed by atoms with Crippen LogP contribution >= 0.6 is 0 Å². The van der Waals surface area contributed by atoms with Gasteiger partial charge in [-0.2, -0.15) is 13.2 Å². The molecule has 4 fully saturated rings. The average Bonchev–Trinajstić information content (AvgIpc) is 1.76. The summed E-state index contributed by atoms with van der Waals surface area (Å²) in [4.78, 5) is 157. The molecule has 25 nitrogen and oxygen atoms in total. The van der Waals surface area contributed by atoms with Gasteiger partial charge in [0, 0.05) is 76.7 Å². The number of carboxylic acids is 1. The van der Waals surface area contributed by atoms with E-state index in [0.717, 1.165) is 65.9 Å². The summed E-state index contributed by atoms with van der Waals surface area (Å²) in [5, 5.41) is 14.0. The Bertz CT molecular complexity index is 3610. The van der Waals surface area contributed by atoms with Crippen LogP contribution in [0.1, 0.15) is 143 Å². The molecule has 4 aliphatic rings. The topological polar surface area (TPSA) is 325 Å². The van der Waals surface area contributed by atoms with Gasteiger partial charge in [0.15, 0.2) is 5.78 Å². The largest absolute Gasteiger partial charge is 0.480 e. The molecule has 8 rings (SSSR count). The number of carbonyl (C=O) groups excluding carboxylic acids is 11. The Kier molecular flexibility index (Phi) is 34.5. The van der Waals surface area contributed by atoms with Crippen LogP contribution in [0, 0.1) is 18.8 Å². The second-order valence-electron chi connectivity index (χ2n) is 28.2. The van der Waals surface area contributed by atoms with E-state index in [9.17, 15) is 70.7 Å². The van der Waals surface area contributed by atoms with Gasteiger partial charge >= 0.3 is 24.3 Å². The molecule has 4 aliphatic heterocycles. The molecule has 0 radical (unpaired) electrons. The van der Waals surface area contributed by atoms with Gasteiger partial charge in [0.1, 0.15) is 55.4 Å². The summed E-state index contributed by atoms with van der Waals surface area (Å²) in [7, 11) is 4.94. The first-order valence-corrected chi connectivity index (χ1v) is 35.1. The number of aliphatic carboxylic acids is 1. The fraction of sp³-hybridized carbons (Fsp3) is 0.506. The molecule has 4 aromatic rings. The Labute approximate surface area is 613 Å². The van der Waals surface area contributed by atoms with Crippen LogP contribution in [0.4, 0.5) is 39.8 Å². The molecule has 28 heteroatoms. The van der Waals surface area contributed by atoms with E-state index >= 15 is 0 Å². The summed E-state index contributed by atoms with van der Waals surface area (Å²) in [5.74, 6) is -7.62. The van der Waals surface area contributed by atoms with E-state index in [1.54, 1.807) is 102 Å². The number of amides is 9. The minimum absolute atomic E-state index is 0. The number of likely N-dealkylation sites (tertiary alicyclic amines) is 4. The number of Topliss-reactive ketones (excluding diaryl/α,β-unsaturated/α-hetero) is 1. The standard InChI is InChI=1S/C27H32N2O3.C20H29N3O4.C17H19F3N2O3.C13H22N2O5.H3N/c1-20-12-14-22(15-13-20)21(2)17-25(30)18-23-9-7-8-16-29(27(23)32)19-26(31)28(3)24-10-5-4-6-11-24;1-20(2,3)27-19(26)21-16-12-8-9-13-23(18(16)25)14-17(24)22(4)15-10-6-5-7-11-15;1-21(12-7-3-2-4-8-12)14(23)11-22-10-6-5-9-13(16(22)25)15(24)17(18,19)20;1-13(2,3)20-12(19)14-9-6-4-5-7-15(11(9)18)8-10(16)17;/h4-6,10-15,17,23H,7-9,16,18-19H2,1-3H3;5-7,10-11,16H,8-9,12-14H2,1-4H3,(H,21,26);2-4,7-8,13H,5-6,9-11H2,1H3;9H,4-8H2,1-3H3,(H,14,19)(H,16,17);1H3/b21-17+;;;;. The number of para-hydroxylation sites is 3. The summed E-state index contributed by atoms with van der Waals surface area (Å²) in [5.41, 5.74) is 3.98. The summed E-state index contributed by atoms with van der Waals surface area (Å²) in [6.07, 6.45) is 2.64. The van der Waals surface area contributed by atoms with Crippen LogP contribution in [0.3, 0.4) is 0 Å². The van der Waals surface area contributed by atoms with Crippen molar-refractivity contribution in [2.75, 3.05) is 88.2 Å². The summed E-state index contributed by atoms with van der Waals surface area (Å²) in [6.45, 7) is 15.4. The number of anilines is 3. The number of alkyl halides is 3. The summed E-state index contributed by atoms with van der Waals surface area (Å²) >= 11 is 0. The van der Waals surface area contributed by atoms with E-state index in [4.69, 9.17) is 14.6 Å². The van der Waals surface area contributed by atoms with Crippen molar-refractivity contribution in [3.05, 3.63) is 132 Å². The molecule has 0 bridgehead atoms. The van der Waals surface area contributed by atoms with Crippen molar-refractivity contribution >= 4 is 93.7 Å². The van der Waals surface area contributed by atoms with Gasteiger partial charge in [-0.1, -0.05) is 97.3 Å². The Morgan fingerprint density at radius 3 is 1.20 bits per heavy atom. The van der Waals surface area contributed by atoms with E-state index < -0.39 is 71.1 Å². The number of ether oxygens (including phenoxy) is 2. The normalized spacial score (nSPS) is 18.1. The molecule has 105 heavy (non-hydrogen) atoms. The monoisotopic (exact) mass is 1470 g/mol. The predicted octanol–water partition coefficient (Wildman–Crippen LogP) is 10.8. The highest BCUT2D eigenvalue weighted by Gasteiger charge is 2.48. The molecule has 0 saturated carbocycles. The molecule has 0 spiro atoms. The Balaban J connectivity index is 0.000000299. The molecule has 6 N–H and O–H groups in total. The first kappa shape index (κ1) is 87.4. The quantitative estimate of drug-likeness (QED) is 0.0531. The van der Waals surface area contributed by atoms with Crippen LogP contribution in [0.5, 0.6) is 0 Å². The van der Waals surface area contributed by atoms with E-state index in [1.807, 2.05) is 98.8 Å². The Morgan fingerprint density at radius 2 is 0.838 bits per heavy atom. The maximum Gasteiger partial charge on any atom is 0.450 e. The smallest absolute Gasteiger partial charge is 0.450 e. The number of carboxylic acid groups (broad SMARTS) is 1. The molecule has 9 amide bonds. The van der Waals surface area contributed by atoms with Gasteiger partial charge in [-0.3, -0.25) is 47.9 Å². The predicted molar refractivity (Wildman–Crippen MR) is 393 cm³/mol. The van der Waals surface area contributed by atoms with Gasteiger partial charge in [-0.05, 0) is 173 Å². The molecule has 0 aliphatic carbocycles. The minimum atomic E-state index is -5.05. The molecule has 0 aromatic heterocycles. The number of nitrogens with zero attached hydrogens (tertiary/aromatic N) is 7. The van der Waals surface area contributed by atoms with E-state index in [2.05, 4.69) is 10.6 Å². The first-order chi connectivity index (χ1) is 48.9. The molecule has 4 unspecified atom stereocenters. The zero-order valence-corrected chi connectivity index (χ0v) is 62.3. The van der Waals surface area contributed by atoms with Gasteiger partial charge in [-0.25, -0.2) is 9.59 Å². The number of nitrogens with one attached hydrogen (secondary N) is 2. The molecular formula is C77H105F3N10O15. The number of hydrogen-bond acceptors (Lipinski definition) is 15. The maximum atomic E-state index is 13.2. The SMILES string of the molecule is C/C(=C\C(=O)CC1CCCCN(CC(=O)N(C)c2ccccc2)C1=O)c1ccc(C)cc1.CC(C)(C)OC(=O)NC1CCCCN(CC(=O)O)C1=O.CN(C(=O)CN1CCCCC(C(=O)C(F)(F)F)C1=O)c1ccccc1.CN(C(=O)CN1CCCCC(NC(=O)OC(C)(C)C)C1=O)c1ccccc1.N. The maximum absolute atomic E-state index is 13.2. The highest BCUT2D eigenvalue weighted by Crippen LogP contribution is 2.29. The van der Waals surface area contributed by atoms with Crippen molar-refractivity contribution in [3.63, 3.8) is 0 Å². The number of aryl methyl sites for hydroxylation is 1. The van der Waals surface area contributed by atoms with Crippen LogP contribution in [0.15, 0.2) is 121 Å². The lowest BCUT2D eigenvalue weighted by Crippen LogP contribution is -2.51. The average molecular weight is 1470 g/mol. The van der Waals surface area contributed by atoms with Crippen molar-refractivity contribution in [1.82, 2.24) is 36.4 Å². The minimum Gasteiger partial charge on any atom is -0.480 e. The second kappa shape index (κ2) is 41.5. The number of halogens is 3. The van der Waals surface area contributed by atoms with Crippen molar-refractivity contribution in [2.45, 2.75) is 168 Å². The van der Waals surface area contributed by atoms with Crippen LogP contribution in [-0.4, -0.2) is 199 Å². The lowest BCUT2D eigenvalue weighted by molar-refractivity contribution is -0.178. The number of carbonyl (C=O) groups is 12. The molecule has 4 aromatic carbocycles. The third-order valence-electron chi connectivity index (χ3n) is 17.4. The molecule has 4 atom stereocenters. The lowest BCUT2D eigenvalue weighted by Gasteiger charge is -2.27. The molecule has 574 valence electrons. The van der Waals surface area contributed by atoms with Gasteiger partial charge < -0.3 is 65.7 Å². The Hall–Kier alpha value is -9.99. The third-order valence-corrected chi connectivity index (χ3v) is 17.4.